The fraction of sp³-hybridized carbons (Fsp3) is 0.250. The number of carbonyl (C=O) groups excluding carboxylic acids is 1. The molecule has 2 heterocycles. The number of fused-ring (bicyclic) bond motifs is 3. The van der Waals surface area contributed by atoms with Gasteiger partial charge in [0, 0.05) is 13.1 Å². The van der Waals surface area contributed by atoms with Crippen molar-refractivity contribution in [1.82, 2.24) is 4.90 Å². The van der Waals surface area contributed by atoms with Crippen molar-refractivity contribution in [3.63, 3.8) is 0 Å². The summed E-state index contributed by atoms with van der Waals surface area (Å²) in [6, 6.07) is 17.7. The van der Waals surface area contributed by atoms with E-state index >= 15 is 0 Å². The maximum absolute atomic E-state index is 13.1. The van der Waals surface area contributed by atoms with E-state index in [9.17, 15) is 4.79 Å². The van der Waals surface area contributed by atoms with Crippen molar-refractivity contribution < 1.29 is 23.7 Å². The van der Waals surface area contributed by atoms with E-state index in [1.807, 2.05) is 61.5 Å². The molecule has 0 aromatic heterocycles. The minimum atomic E-state index is -0.0818. The number of hydrogen-bond donors (Lipinski definition) is 0. The molecule has 0 N–H and O–H groups in total. The van der Waals surface area contributed by atoms with Crippen LogP contribution in [0.3, 0.4) is 0 Å². The van der Waals surface area contributed by atoms with Gasteiger partial charge >= 0.3 is 0 Å². The van der Waals surface area contributed by atoms with E-state index in [2.05, 4.69) is 4.90 Å². The number of carbonyl (C=O) groups is 1. The molecule has 6 heteroatoms. The number of aryl methyl sites for hydroxylation is 1. The Morgan fingerprint density at radius 3 is 2.59 bits per heavy atom. The van der Waals surface area contributed by atoms with Crippen LogP contribution >= 0.6 is 0 Å². The molecule has 2 aliphatic rings. The van der Waals surface area contributed by atoms with Crippen LogP contribution in [0.2, 0.25) is 0 Å². The van der Waals surface area contributed by atoms with E-state index in [0.717, 1.165) is 46.7 Å². The highest BCUT2D eigenvalue weighted by molar-refractivity contribution is 6.15. The molecule has 3 aromatic rings. The largest absolute Gasteiger partial charge is 0.493 e. The van der Waals surface area contributed by atoms with Gasteiger partial charge in [-0.3, -0.25) is 9.69 Å². The average molecular weight is 458 g/mol. The van der Waals surface area contributed by atoms with Crippen molar-refractivity contribution in [2.75, 3.05) is 27.5 Å². The van der Waals surface area contributed by atoms with Crippen molar-refractivity contribution in [3.8, 4) is 23.0 Å². The lowest BCUT2D eigenvalue weighted by atomic mass is 9.98. The molecule has 174 valence electrons. The lowest BCUT2D eigenvalue weighted by molar-refractivity contribution is 0.0949. The second-order valence-electron chi connectivity index (χ2n) is 8.49. The van der Waals surface area contributed by atoms with Gasteiger partial charge in [-0.2, -0.15) is 0 Å². The fourth-order valence-corrected chi connectivity index (χ4v) is 4.44. The summed E-state index contributed by atoms with van der Waals surface area (Å²) >= 11 is 0. The predicted molar refractivity (Wildman–Crippen MR) is 130 cm³/mol. The van der Waals surface area contributed by atoms with Gasteiger partial charge in [-0.05, 0) is 54.3 Å². The van der Waals surface area contributed by atoms with Crippen LogP contribution < -0.4 is 18.9 Å². The number of methoxy groups -OCH3 is 2. The second-order valence-corrected chi connectivity index (χ2v) is 8.49. The van der Waals surface area contributed by atoms with Crippen LogP contribution in [0.15, 0.2) is 60.4 Å². The van der Waals surface area contributed by atoms with E-state index in [0.29, 0.717) is 36.1 Å². The van der Waals surface area contributed by atoms with Gasteiger partial charge in [0.1, 0.15) is 18.2 Å². The molecular weight excluding hydrogens is 430 g/mol. The van der Waals surface area contributed by atoms with Crippen molar-refractivity contribution >= 4 is 11.9 Å². The first-order valence-corrected chi connectivity index (χ1v) is 11.3. The van der Waals surface area contributed by atoms with Gasteiger partial charge in [0.05, 0.1) is 25.3 Å². The zero-order chi connectivity index (χ0) is 23.7. The van der Waals surface area contributed by atoms with E-state index in [1.165, 1.54) is 0 Å². The van der Waals surface area contributed by atoms with Gasteiger partial charge in [0.25, 0.3) is 0 Å². The summed E-state index contributed by atoms with van der Waals surface area (Å²) in [5, 5.41) is 0. The van der Waals surface area contributed by atoms with Gasteiger partial charge in [-0.1, -0.05) is 36.4 Å². The van der Waals surface area contributed by atoms with Crippen LogP contribution in [0.1, 0.15) is 32.6 Å². The first-order chi connectivity index (χ1) is 16.6. The summed E-state index contributed by atoms with van der Waals surface area (Å²) in [4.78, 5) is 15.4. The Balaban J connectivity index is 1.36. The third-order valence-electron chi connectivity index (χ3n) is 6.25. The SMILES string of the molecule is COc1ccc(CCN2COc3cc(C)c4c(c3C2)O/C(=C/c2ccccc2)C4=O)cc1OC. The number of rotatable bonds is 6. The molecule has 0 saturated heterocycles. The summed E-state index contributed by atoms with van der Waals surface area (Å²) in [5.41, 5.74) is 4.50. The van der Waals surface area contributed by atoms with E-state index in [4.69, 9.17) is 18.9 Å². The van der Waals surface area contributed by atoms with Gasteiger partial charge in [-0.15, -0.1) is 0 Å². The maximum Gasteiger partial charge on any atom is 0.232 e. The molecule has 0 radical (unpaired) electrons. The zero-order valence-corrected chi connectivity index (χ0v) is 19.6. The highest BCUT2D eigenvalue weighted by Gasteiger charge is 2.35. The molecule has 0 bridgehead atoms. The summed E-state index contributed by atoms with van der Waals surface area (Å²) in [7, 11) is 3.27. The van der Waals surface area contributed by atoms with Gasteiger partial charge < -0.3 is 18.9 Å². The molecule has 0 aliphatic carbocycles. The quantitative estimate of drug-likeness (QED) is 0.485. The molecule has 0 saturated carbocycles. The van der Waals surface area contributed by atoms with Crippen LogP contribution in [-0.4, -0.2) is 38.2 Å². The highest BCUT2D eigenvalue weighted by atomic mass is 16.5. The lowest BCUT2D eigenvalue weighted by Gasteiger charge is -2.30. The Kier molecular flexibility index (Phi) is 5.99. The minimum Gasteiger partial charge on any atom is -0.493 e. The molecular formula is C28H27NO5. The maximum atomic E-state index is 13.1. The summed E-state index contributed by atoms with van der Waals surface area (Å²) in [6.07, 6.45) is 2.62. The number of benzene rings is 3. The van der Waals surface area contributed by atoms with Gasteiger partial charge in [0.15, 0.2) is 17.3 Å². The van der Waals surface area contributed by atoms with Crippen LogP contribution in [0.25, 0.3) is 6.08 Å². The number of nitrogens with zero attached hydrogens (tertiary/aromatic N) is 1. The number of ether oxygens (including phenoxy) is 4. The van der Waals surface area contributed by atoms with Crippen molar-refractivity contribution in [3.05, 3.63) is 88.2 Å². The number of hydrogen-bond acceptors (Lipinski definition) is 6. The molecule has 5 rings (SSSR count). The third-order valence-corrected chi connectivity index (χ3v) is 6.25. The minimum absolute atomic E-state index is 0.0818. The van der Waals surface area contributed by atoms with Crippen LogP contribution in [0.5, 0.6) is 23.0 Å². The van der Waals surface area contributed by atoms with Crippen LogP contribution in [-0.2, 0) is 13.0 Å². The summed E-state index contributed by atoms with van der Waals surface area (Å²) in [6.45, 7) is 3.85. The Morgan fingerprint density at radius 2 is 1.82 bits per heavy atom. The summed E-state index contributed by atoms with van der Waals surface area (Å²) < 4.78 is 23.0. The Bertz CT molecular complexity index is 1270. The second kappa shape index (κ2) is 9.23. The van der Waals surface area contributed by atoms with Crippen molar-refractivity contribution in [2.45, 2.75) is 19.9 Å². The molecule has 0 atom stereocenters. The van der Waals surface area contributed by atoms with E-state index in [1.54, 1.807) is 20.3 Å². The summed E-state index contributed by atoms with van der Waals surface area (Å²) in [5.74, 6) is 3.11. The third kappa shape index (κ3) is 4.13. The van der Waals surface area contributed by atoms with Crippen molar-refractivity contribution in [2.24, 2.45) is 0 Å². The molecule has 0 amide bonds. The highest BCUT2D eigenvalue weighted by Crippen LogP contribution is 2.44. The lowest BCUT2D eigenvalue weighted by Crippen LogP contribution is -2.34. The molecule has 0 unspecified atom stereocenters. The molecule has 3 aromatic carbocycles. The molecule has 34 heavy (non-hydrogen) atoms. The average Bonchev–Trinajstić information content (AvgIpc) is 3.20. The monoisotopic (exact) mass is 457 g/mol. The zero-order valence-electron chi connectivity index (χ0n) is 19.6. The Hall–Kier alpha value is -3.77. The standard InChI is InChI=1S/C28H27NO5/c1-18-13-23-21(28-26(18)27(30)25(34-28)15-19-7-5-4-6-8-19)16-29(17-33-23)12-11-20-9-10-22(31-2)24(14-20)32-3/h4-10,13-15H,11-12,16-17H2,1-3H3/b25-15+. The van der Waals surface area contributed by atoms with E-state index in [-0.39, 0.29) is 5.78 Å². The normalized spacial score (nSPS) is 16.0. The predicted octanol–water partition coefficient (Wildman–Crippen LogP) is 5.02. The Labute approximate surface area is 199 Å². The van der Waals surface area contributed by atoms with Gasteiger partial charge in [0.2, 0.25) is 5.78 Å². The first kappa shape index (κ1) is 22.0. The van der Waals surface area contributed by atoms with Crippen molar-refractivity contribution in [1.29, 1.82) is 0 Å². The molecule has 2 aliphatic heterocycles. The number of ketones is 1. The number of allylic oxidation sites excluding steroid dienone is 1. The molecule has 0 spiro atoms. The topological polar surface area (TPSA) is 57.2 Å². The molecule has 0 fully saturated rings. The van der Waals surface area contributed by atoms with Gasteiger partial charge in [-0.25, -0.2) is 0 Å². The fourth-order valence-electron chi connectivity index (χ4n) is 4.44. The Morgan fingerprint density at radius 1 is 1.03 bits per heavy atom. The number of Topliss-reactive ketones (excluding diaryl/α,β-unsaturated/α-hetero) is 1. The van der Waals surface area contributed by atoms with E-state index < -0.39 is 0 Å². The van der Waals surface area contributed by atoms with Crippen LogP contribution in [0.4, 0.5) is 0 Å². The van der Waals surface area contributed by atoms with Crippen LogP contribution in [0, 0.1) is 6.92 Å². The molecule has 6 nitrogen and oxygen atoms in total. The smallest absolute Gasteiger partial charge is 0.232 e. The first-order valence-electron chi connectivity index (χ1n) is 11.3.